The van der Waals surface area contributed by atoms with E-state index in [-0.39, 0.29) is 0 Å². The largest absolute Gasteiger partial charge is 0.396 e. The molecule has 18 heavy (non-hydrogen) atoms. The molecule has 0 aromatic rings. The number of aliphatic hydroxyl groups excluding tert-OH is 1. The first kappa shape index (κ1) is 11.8. The quantitative estimate of drug-likeness (QED) is 0.747. The highest BCUT2D eigenvalue weighted by Gasteiger charge is 2.58. The van der Waals surface area contributed by atoms with Crippen molar-refractivity contribution < 1.29 is 5.11 Å². The highest BCUT2D eigenvalue weighted by Crippen LogP contribution is 2.67. The molecule has 1 heteroatoms. The molecule has 0 aliphatic heterocycles. The van der Waals surface area contributed by atoms with Crippen molar-refractivity contribution in [3.05, 3.63) is 0 Å². The highest BCUT2D eigenvalue weighted by atomic mass is 16.3. The lowest BCUT2D eigenvalue weighted by Gasteiger charge is -2.64. The van der Waals surface area contributed by atoms with E-state index in [0.717, 1.165) is 23.7 Å². The van der Waals surface area contributed by atoms with E-state index in [9.17, 15) is 5.11 Å². The molecule has 0 amide bonds. The van der Waals surface area contributed by atoms with Crippen molar-refractivity contribution in [2.24, 2.45) is 40.4 Å². The van der Waals surface area contributed by atoms with Crippen LogP contribution in [0.3, 0.4) is 0 Å². The Hall–Kier alpha value is -0.0400. The number of fused-ring (bicyclic) bond motifs is 2. The average molecular weight is 248 g/mol. The molecule has 4 fully saturated rings. The third-order valence-corrected chi connectivity index (χ3v) is 7.36. The second-order valence-electron chi connectivity index (χ2n) is 8.87. The van der Waals surface area contributed by atoms with E-state index in [4.69, 9.17) is 0 Å². The molecule has 1 nitrogen and oxygen atoms in total. The summed E-state index contributed by atoms with van der Waals surface area (Å²) in [7, 11) is 0. The summed E-state index contributed by atoms with van der Waals surface area (Å²) in [5, 5.41) is 9.83. The third-order valence-electron chi connectivity index (χ3n) is 7.36. The monoisotopic (exact) mass is 248 g/mol. The maximum Gasteiger partial charge on any atom is 0.0462 e. The van der Waals surface area contributed by atoms with Gasteiger partial charge in [-0.15, -0.1) is 0 Å². The first-order valence-corrected chi connectivity index (χ1v) is 8.13. The van der Waals surface area contributed by atoms with E-state index in [1.165, 1.54) is 44.9 Å². The maximum atomic E-state index is 9.83. The standard InChI is InChI=1S/C17H28O/c1-16-4-3-11-5-17(2)6-12(10-18)14(8-16)15(9-17)13(11)7-16/h11-15,18H,3-10H2,1-2H3. The molecule has 0 aromatic carbocycles. The summed E-state index contributed by atoms with van der Waals surface area (Å²) in [4.78, 5) is 0. The summed E-state index contributed by atoms with van der Waals surface area (Å²) in [6, 6.07) is 0. The van der Waals surface area contributed by atoms with E-state index in [1.54, 1.807) is 0 Å². The van der Waals surface area contributed by atoms with Crippen LogP contribution in [0.15, 0.2) is 0 Å². The van der Waals surface area contributed by atoms with Gasteiger partial charge in [0.25, 0.3) is 0 Å². The molecular weight excluding hydrogens is 220 g/mol. The first-order valence-electron chi connectivity index (χ1n) is 8.13. The van der Waals surface area contributed by atoms with Crippen LogP contribution in [0.25, 0.3) is 0 Å². The summed E-state index contributed by atoms with van der Waals surface area (Å²) in [5.74, 6) is 4.49. The minimum atomic E-state index is 0.449. The lowest BCUT2D eigenvalue weighted by Crippen LogP contribution is -2.56. The molecule has 0 spiro atoms. The average Bonchev–Trinajstić information content (AvgIpc) is 2.34. The van der Waals surface area contributed by atoms with Crippen molar-refractivity contribution >= 4 is 0 Å². The van der Waals surface area contributed by atoms with E-state index < -0.39 is 0 Å². The zero-order valence-electron chi connectivity index (χ0n) is 12.0. The van der Waals surface area contributed by atoms with Crippen LogP contribution in [-0.4, -0.2) is 11.7 Å². The summed E-state index contributed by atoms with van der Waals surface area (Å²) >= 11 is 0. The lowest BCUT2D eigenvalue weighted by molar-refractivity contribution is -0.155. The lowest BCUT2D eigenvalue weighted by atomic mass is 9.41. The molecule has 7 atom stereocenters. The minimum absolute atomic E-state index is 0.449. The third kappa shape index (κ3) is 1.49. The fourth-order valence-corrected chi connectivity index (χ4v) is 6.82. The Labute approximate surface area is 111 Å². The van der Waals surface area contributed by atoms with Gasteiger partial charge in [-0.05, 0) is 85.4 Å². The predicted molar refractivity (Wildman–Crippen MR) is 73.1 cm³/mol. The Morgan fingerprint density at radius 3 is 2.39 bits per heavy atom. The SMILES string of the molecule is CC12CCC3CC4(C)CC(CO)C(C1)C(C4)C3C2. The van der Waals surface area contributed by atoms with Crippen LogP contribution in [0.2, 0.25) is 0 Å². The Kier molecular flexibility index (Phi) is 2.31. The summed E-state index contributed by atoms with van der Waals surface area (Å²) < 4.78 is 0. The van der Waals surface area contributed by atoms with Crippen molar-refractivity contribution in [3.8, 4) is 0 Å². The van der Waals surface area contributed by atoms with Gasteiger partial charge in [-0.2, -0.15) is 0 Å². The Bertz CT molecular complexity index is 355. The van der Waals surface area contributed by atoms with Gasteiger partial charge in [-0.3, -0.25) is 0 Å². The van der Waals surface area contributed by atoms with Gasteiger partial charge in [-0.25, -0.2) is 0 Å². The zero-order chi connectivity index (χ0) is 12.5. The Morgan fingerprint density at radius 1 is 0.889 bits per heavy atom. The van der Waals surface area contributed by atoms with Crippen LogP contribution in [-0.2, 0) is 0 Å². The maximum absolute atomic E-state index is 9.83. The molecule has 4 rings (SSSR count). The number of aliphatic hydroxyl groups is 1. The fourth-order valence-electron chi connectivity index (χ4n) is 6.82. The number of hydrogen-bond donors (Lipinski definition) is 1. The van der Waals surface area contributed by atoms with E-state index >= 15 is 0 Å². The molecule has 1 N–H and O–H groups in total. The summed E-state index contributed by atoms with van der Waals surface area (Å²) in [5.41, 5.74) is 1.20. The molecule has 4 bridgehead atoms. The second kappa shape index (κ2) is 3.53. The predicted octanol–water partition coefficient (Wildman–Crippen LogP) is 3.86. The van der Waals surface area contributed by atoms with Gasteiger partial charge in [-0.1, -0.05) is 13.8 Å². The summed E-state index contributed by atoms with van der Waals surface area (Å²) in [6.45, 7) is 5.50. The van der Waals surface area contributed by atoms with Gasteiger partial charge in [0, 0.05) is 6.61 Å². The topological polar surface area (TPSA) is 20.2 Å². The van der Waals surface area contributed by atoms with E-state index in [2.05, 4.69) is 13.8 Å². The Morgan fingerprint density at radius 2 is 1.61 bits per heavy atom. The minimum Gasteiger partial charge on any atom is -0.396 e. The molecule has 4 aliphatic rings. The normalized spacial score (nSPS) is 61.8. The number of hydrogen-bond acceptors (Lipinski definition) is 1. The first-order chi connectivity index (χ1) is 8.52. The molecule has 4 aliphatic carbocycles. The van der Waals surface area contributed by atoms with Gasteiger partial charge < -0.3 is 5.11 Å². The summed E-state index contributed by atoms with van der Waals surface area (Å²) in [6.07, 6.45) is 10.1. The van der Waals surface area contributed by atoms with E-state index in [0.29, 0.717) is 23.4 Å². The van der Waals surface area contributed by atoms with Gasteiger partial charge in [0.05, 0.1) is 0 Å². The van der Waals surface area contributed by atoms with Crippen molar-refractivity contribution in [1.82, 2.24) is 0 Å². The molecule has 102 valence electrons. The van der Waals surface area contributed by atoms with Gasteiger partial charge in [0.2, 0.25) is 0 Å². The molecular formula is C17H28O. The Balaban J connectivity index is 1.75. The smallest absolute Gasteiger partial charge is 0.0462 e. The van der Waals surface area contributed by atoms with Gasteiger partial charge in [0.15, 0.2) is 0 Å². The highest BCUT2D eigenvalue weighted by molar-refractivity contribution is 5.08. The van der Waals surface area contributed by atoms with Crippen LogP contribution < -0.4 is 0 Å². The van der Waals surface area contributed by atoms with Crippen molar-refractivity contribution in [1.29, 1.82) is 0 Å². The van der Waals surface area contributed by atoms with Crippen LogP contribution in [0.1, 0.15) is 58.8 Å². The van der Waals surface area contributed by atoms with Gasteiger partial charge >= 0.3 is 0 Å². The van der Waals surface area contributed by atoms with Crippen molar-refractivity contribution in [2.75, 3.05) is 6.61 Å². The molecule has 4 saturated carbocycles. The molecule has 7 unspecified atom stereocenters. The second-order valence-corrected chi connectivity index (χ2v) is 8.87. The number of rotatable bonds is 1. The van der Waals surface area contributed by atoms with E-state index in [1.807, 2.05) is 0 Å². The molecule has 0 aromatic heterocycles. The van der Waals surface area contributed by atoms with Crippen molar-refractivity contribution in [3.63, 3.8) is 0 Å². The van der Waals surface area contributed by atoms with Gasteiger partial charge in [0.1, 0.15) is 0 Å². The van der Waals surface area contributed by atoms with Crippen LogP contribution in [0, 0.1) is 40.4 Å². The van der Waals surface area contributed by atoms with Crippen LogP contribution >= 0.6 is 0 Å². The molecule has 0 radical (unpaired) electrons. The molecule has 0 heterocycles. The van der Waals surface area contributed by atoms with Crippen LogP contribution in [0.4, 0.5) is 0 Å². The van der Waals surface area contributed by atoms with Crippen molar-refractivity contribution in [2.45, 2.75) is 58.8 Å². The molecule has 0 saturated heterocycles. The fraction of sp³-hybridized carbons (Fsp3) is 1.00. The van der Waals surface area contributed by atoms with Crippen LogP contribution in [0.5, 0.6) is 0 Å². The zero-order valence-corrected chi connectivity index (χ0v) is 12.0.